The van der Waals surface area contributed by atoms with Crippen LogP contribution in [0.2, 0.25) is 0 Å². The van der Waals surface area contributed by atoms with Gasteiger partial charge < -0.3 is 5.32 Å². The molecule has 3 rings (SSSR count). The number of nitrogens with zero attached hydrogens (tertiary/aromatic N) is 1. The number of nitrogens with one attached hydrogen (secondary N) is 1. The Balaban J connectivity index is 1.81. The Morgan fingerprint density at radius 2 is 1.81 bits per heavy atom. The molecule has 92 valence electrons. The van der Waals surface area contributed by atoms with Crippen LogP contribution < -0.4 is 5.32 Å². The fraction of sp³-hybridized carbons (Fsp3) is 1.00. The number of rotatable bonds is 2. The Hall–Kier alpha value is -0.130. The summed E-state index contributed by atoms with van der Waals surface area (Å²) < 4.78 is 26.8. The predicted molar refractivity (Wildman–Crippen MR) is 62.6 cm³/mol. The Bertz CT molecular complexity index is 362. The van der Waals surface area contributed by atoms with Crippen LogP contribution in [-0.2, 0) is 10.0 Å². The zero-order valence-corrected chi connectivity index (χ0v) is 10.4. The van der Waals surface area contributed by atoms with E-state index in [-0.39, 0.29) is 11.3 Å². The first-order valence-corrected chi connectivity index (χ1v) is 7.91. The fourth-order valence-corrected chi connectivity index (χ4v) is 5.80. The highest BCUT2D eigenvalue weighted by Crippen LogP contribution is 2.34. The van der Waals surface area contributed by atoms with Gasteiger partial charge in [0, 0.05) is 19.1 Å². The molecule has 0 radical (unpaired) electrons. The van der Waals surface area contributed by atoms with Crippen LogP contribution in [-0.4, -0.2) is 43.6 Å². The molecule has 16 heavy (non-hydrogen) atoms. The summed E-state index contributed by atoms with van der Waals surface area (Å²) in [5.41, 5.74) is 0. The molecule has 1 aliphatic carbocycles. The standard InChI is InChI=1S/C11H20N2O2S/c14-16(15,10-3-1-2-4-10)13-6-5-9-7-12-8-11(9)13/h9-12H,1-8H2/t9-,11+/m0/s1. The van der Waals surface area contributed by atoms with Crippen LogP contribution in [0.1, 0.15) is 32.1 Å². The van der Waals surface area contributed by atoms with Crippen LogP contribution in [0.5, 0.6) is 0 Å². The van der Waals surface area contributed by atoms with E-state index in [1.54, 1.807) is 0 Å². The topological polar surface area (TPSA) is 49.4 Å². The summed E-state index contributed by atoms with van der Waals surface area (Å²) in [5.74, 6) is 0.566. The third-order valence-corrected chi connectivity index (χ3v) is 6.87. The van der Waals surface area contributed by atoms with Gasteiger partial charge in [-0.25, -0.2) is 8.42 Å². The third kappa shape index (κ3) is 1.60. The predicted octanol–water partition coefficient (Wildman–Crippen LogP) is 0.552. The van der Waals surface area contributed by atoms with Gasteiger partial charge in [0.05, 0.1) is 5.25 Å². The second-order valence-corrected chi connectivity index (χ2v) is 7.50. The lowest BCUT2D eigenvalue weighted by Crippen LogP contribution is -2.43. The van der Waals surface area contributed by atoms with E-state index in [0.717, 1.165) is 51.7 Å². The third-order valence-electron chi connectivity index (χ3n) is 4.44. The van der Waals surface area contributed by atoms with E-state index in [0.29, 0.717) is 5.92 Å². The van der Waals surface area contributed by atoms with E-state index in [1.165, 1.54) is 0 Å². The Kier molecular flexibility index (Phi) is 2.72. The minimum Gasteiger partial charge on any atom is -0.315 e. The Morgan fingerprint density at radius 1 is 1.06 bits per heavy atom. The van der Waals surface area contributed by atoms with Crippen LogP contribution in [0.4, 0.5) is 0 Å². The molecule has 0 unspecified atom stereocenters. The molecule has 0 aromatic rings. The van der Waals surface area contributed by atoms with Crippen molar-refractivity contribution in [2.75, 3.05) is 19.6 Å². The molecule has 0 bridgehead atoms. The SMILES string of the molecule is O=S(=O)(C1CCCC1)N1CC[C@H]2CNC[C@H]21. The normalized spacial score (nSPS) is 37.0. The second kappa shape index (κ2) is 3.96. The first-order chi connectivity index (χ1) is 7.69. The van der Waals surface area contributed by atoms with Crippen LogP contribution in [0, 0.1) is 5.92 Å². The van der Waals surface area contributed by atoms with E-state index in [1.807, 2.05) is 4.31 Å². The average Bonchev–Trinajstić information content (AvgIpc) is 2.95. The maximum absolute atomic E-state index is 12.5. The van der Waals surface area contributed by atoms with Gasteiger partial charge in [-0.1, -0.05) is 12.8 Å². The Morgan fingerprint density at radius 3 is 2.56 bits per heavy atom. The summed E-state index contributed by atoms with van der Waals surface area (Å²) in [6.07, 6.45) is 4.98. The summed E-state index contributed by atoms with van der Waals surface area (Å²) in [4.78, 5) is 0. The van der Waals surface area contributed by atoms with E-state index in [2.05, 4.69) is 5.32 Å². The zero-order chi connectivity index (χ0) is 11.2. The number of sulfonamides is 1. The molecular weight excluding hydrogens is 224 g/mol. The van der Waals surface area contributed by atoms with Crippen LogP contribution in [0.25, 0.3) is 0 Å². The Labute approximate surface area is 97.4 Å². The van der Waals surface area contributed by atoms with Gasteiger partial charge in [0.25, 0.3) is 0 Å². The molecule has 2 atom stereocenters. The highest BCUT2D eigenvalue weighted by Gasteiger charge is 2.46. The maximum Gasteiger partial charge on any atom is 0.217 e. The maximum atomic E-state index is 12.5. The lowest BCUT2D eigenvalue weighted by atomic mass is 10.1. The van der Waals surface area contributed by atoms with Gasteiger partial charge in [-0.2, -0.15) is 4.31 Å². The molecule has 5 heteroatoms. The van der Waals surface area contributed by atoms with Crippen molar-refractivity contribution in [3.8, 4) is 0 Å². The lowest BCUT2D eigenvalue weighted by molar-refractivity contribution is 0.376. The summed E-state index contributed by atoms with van der Waals surface area (Å²) in [5, 5.41) is 3.23. The molecule has 3 fully saturated rings. The van der Waals surface area contributed by atoms with Gasteiger partial charge in [0.2, 0.25) is 10.0 Å². The molecule has 1 saturated carbocycles. The van der Waals surface area contributed by atoms with Gasteiger partial charge in [-0.15, -0.1) is 0 Å². The molecule has 0 spiro atoms. The van der Waals surface area contributed by atoms with Crippen LogP contribution in [0.3, 0.4) is 0 Å². The quantitative estimate of drug-likeness (QED) is 0.772. The van der Waals surface area contributed by atoms with Crippen LogP contribution >= 0.6 is 0 Å². The van der Waals surface area contributed by atoms with E-state index < -0.39 is 10.0 Å². The summed E-state index contributed by atoms with van der Waals surface area (Å²) >= 11 is 0. The minimum absolute atomic E-state index is 0.0770. The van der Waals surface area contributed by atoms with E-state index in [4.69, 9.17) is 0 Å². The van der Waals surface area contributed by atoms with Gasteiger partial charge in [-0.05, 0) is 31.7 Å². The second-order valence-electron chi connectivity index (χ2n) is 5.34. The molecule has 0 aromatic heterocycles. The smallest absolute Gasteiger partial charge is 0.217 e. The molecule has 0 amide bonds. The highest BCUT2D eigenvalue weighted by molar-refractivity contribution is 7.89. The molecule has 2 saturated heterocycles. The van der Waals surface area contributed by atoms with Crippen molar-refractivity contribution in [2.45, 2.75) is 43.4 Å². The summed E-state index contributed by atoms with van der Waals surface area (Å²) in [7, 11) is -3.00. The number of hydrogen-bond donors (Lipinski definition) is 1. The molecule has 1 N–H and O–H groups in total. The van der Waals surface area contributed by atoms with E-state index >= 15 is 0 Å². The largest absolute Gasteiger partial charge is 0.315 e. The van der Waals surface area contributed by atoms with Crippen molar-refractivity contribution in [1.82, 2.24) is 9.62 Å². The van der Waals surface area contributed by atoms with Crippen LogP contribution in [0.15, 0.2) is 0 Å². The molecule has 4 nitrogen and oxygen atoms in total. The molecule has 3 aliphatic rings. The zero-order valence-electron chi connectivity index (χ0n) is 9.56. The van der Waals surface area contributed by atoms with E-state index in [9.17, 15) is 8.42 Å². The van der Waals surface area contributed by atoms with Gasteiger partial charge >= 0.3 is 0 Å². The first kappa shape index (κ1) is 11.0. The number of fused-ring (bicyclic) bond motifs is 1. The van der Waals surface area contributed by atoms with Gasteiger partial charge in [0.15, 0.2) is 0 Å². The molecule has 2 aliphatic heterocycles. The number of hydrogen-bond acceptors (Lipinski definition) is 3. The molecular formula is C11H20N2O2S. The van der Waals surface area contributed by atoms with Gasteiger partial charge in [-0.3, -0.25) is 0 Å². The van der Waals surface area contributed by atoms with Crippen molar-refractivity contribution < 1.29 is 8.42 Å². The van der Waals surface area contributed by atoms with Gasteiger partial charge in [0.1, 0.15) is 0 Å². The van der Waals surface area contributed by atoms with Crippen molar-refractivity contribution in [1.29, 1.82) is 0 Å². The molecule has 0 aromatic carbocycles. The van der Waals surface area contributed by atoms with Crippen molar-refractivity contribution in [3.05, 3.63) is 0 Å². The van der Waals surface area contributed by atoms with Crippen molar-refractivity contribution >= 4 is 10.0 Å². The average molecular weight is 244 g/mol. The molecule has 2 heterocycles. The first-order valence-electron chi connectivity index (χ1n) is 6.41. The highest BCUT2D eigenvalue weighted by atomic mass is 32.2. The monoisotopic (exact) mass is 244 g/mol. The van der Waals surface area contributed by atoms with Crippen molar-refractivity contribution in [2.24, 2.45) is 5.92 Å². The lowest BCUT2D eigenvalue weighted by Gasteiger charge is -2.26. The van der Waals surface area contributed by atoms with Crippen molar-refractivity contribution in [3.63, 3.8) is 0 Å². The fourth-order valence-electron chi connectivity index (χ4n) is 3.50. The summed E-state index contributed by atoms with van der Waals surface area (Å²) in [6.45, 7) is 2.62. The minimum atomic E-state index is -3.00. The summed E-state index contributed by atoms with van der Waals surface area (Å²) in [6, 6.07) is 0.255.